The van der Waals surface area contributed by atoms with Crippen LogP contribution in [-0.4, -0.2) is 29.4 Å². The molecule has 2 heterocycles. The first-order valence-electron chi connectivity index (χ1n) is 9.09. The van der Waals surface area contributed by atoms with Crippen LogP contribution in [-0.2, 0) is 4.79 Å². The van der Waals surface area contributed by atoms with Gasteiger partial charge in [-0.15, -0.1) is 0 Å². The molecule has 2 aliphatic rings. The lowest BCUT2D eigenvalue weighted by atomic mass is 10.0. The second kappa shape index (κ2) is 6.51. The molecule has 1 saturated carbocycles. The maximum Gasteiger partial charge on any atom is 0.226 e. The van der Waals surface area contributed by atoms with Crippen molar-refractivity contribution in [1.29, 1.82) is 0 Å². The van der Waals surface area contributed by atoms with Crippen molar-refractivity contribution >= 4 is 5.91 Å². The number of hydrogen-bond donors (Lipinski definition) is 0. The number of ether oxygens (including phenoxy) is 1. The van der Waals surface area contributed by atoms with Gasteiger partial charge >= 0.3 is 0 Å². The van der Waals surface area contributed by atoms with Crippen molar-refractivity contribution in [3.05, 3.63) is 47.8 Å². The normalized spacial score (nSPS) is 19.9. The zero-order valence-electron chi connectivity index (χ0n) is 14.9. The quantitative estimate of drug-likeness (QED) is 0.843. The number of amides is 1. The fourth-order valence-electron chi connectivity index (χ4n) is 3.74. The van der Waals surface area contributed by atoms with E-state index in [4.69, 9.17) is 9.72 Å². The minimum atomic E-state index is 0.123. The molecule has 1 aliphatic heterocycles. The van der Waals surface area contributed by atoms with Crippen LogP contribution in [0.4, 0.5) is 0 Å². The lowest BCUT2D eigenvalue weighted by molar-refractivity contribution is -0.133. The number of benzene rings is 1. The predicted molar refractivity (Wildman–Crippen MR) is 97.4 cm³/mol. The molecule has 2 fully saturated rings. The van der Waals surface area contributed by atoms with Crippen molar-refractivity contribution in [3.8, 4) is 16.9 Å². The number of carbonyl (C=O) groups excluding carboxylic acids is 1. The maximum atomic E-state index is 12.6. The van der Waals surface area contributed by atoms with Gasteiger partial charge in [-0.05, 0) is 68.0 Å². The Labute approximate surface area is 148 Å². The standard InChI is InChI=1S/C21H24N2O2/c1-14-11-17(16-5-3-6-18(12-16)25-2)13-19(22-14)20-7-4-10-23(20)21(24)15-8-9-15/h3,5-6,11-13,15,20H,4,7-10H2,1-2H3/t20-/m1/s1. The highest BCUT2D eigenvalue weighted by molar-refractivity contribution is 5.81. The summed E-state index contributed by atoms with van der Waals surface area (Å²) in [5.41, 5.74) is 4.25. The van der Waals surface area contributed by atoms with Crippen LogP contribution >= 0.6 is 0 Å². The molecule has 1 saturated heterocycles. The zero-order chi connectivity index (χ0) is 17.4. The predicted octanol–water partition coefficient (Wildman–Crippen LogP) is 4.14. The molecule has 0 unspecified atom stereocenters. The van der Waals surface area contributed by atoms with E-state index >= 15 is 0 Å². The Balaban J connectivity index is 1.68. The lowest BCUT2D eigenvalue weighted by Gasteiger charge is -2.25. The van der Waals surface area contributed by atoms with Crippen molar-refractivity contribution < 1.29 is 9.53 Å². The fraction of sp³-hybridized carbons (Fsp3) is 0.429. The monoisotopic (exact) mass is 336 g/mol. The van der Waals surface area contributed by atoms with Crippen LogP contribution in [0.1, 0.15) is 43.1 Å². The van der Waals surface area contributed by atoms with E-state index in [1.165, 1.54) is 0 Å². The highest BCUT2D eigenvalue weighted by Crippen LogP contribution is 2.39. The summed E-state index contributed by atoms with van der Waals surface area (Å²) in [5, 5.41) is 0. The third-order valence-corrected chi connectivity index (χ3v) is 5.18. The fourth-order valence-corrected chi connectivity index (χ4v) is 3.74. The molecule has 1 aromatic heterocycles. The van der Waals surface area contributed by atoms with Crippen LogP contribution in [0.2, 0.25) is 0 Å². The molecular weight excluding hydrogens is 312 g/mol. The van der Waals surface area contributed by atoms with Gasteiger partial charge in [0.1, 0.15) is 5.75 Å². The van der Waals surface area contributed by atoms with Gasteiger partial charge in [-0.1, -0.05) is 12.1 Å². The number of rotatable bonds is 4. The van der Waals surface area contributed by atoms with E-state index in [1.807, 2.05) is 25.1 Å². The van der Waals surface area contributed by atoms with Crippen LogP contribution in [0.25, 0.3) is 11.1 Å². The summed E-state index contributed by atoms with van der Waals surface area (Å²) < 4.78 is 5.35. The highest BCUT2D eigenvalue weighted by atomic mass is 16.5. The molecule has 1 aliphatic carbocycles. The molecule has 0 bridgehead atoms. The van der Waals surface area contributed by atoms with Gasteiger partial charge in [0.2, 0.25) is 5.91 Å². The van der Waals surface area contributed by atoms with E-state index in [0.717, 1.165) is 60.5 Å². The Morgan fingerprint density at radius 2 is 2.00 bits per heavy atom. The summed E-state index contributed by atoms with van der Waals surface area (Å²) in [6.45, 7) is 2.89. The molecule has 25 heavy (non-hydrogen) atoms. The number of nitrogens with zero attached hydrogens (tertiary/aromatic N) is 2. The average molecular weight is 336 g/mol. The first kappa shape index (κ1) is 16.1. The Bertz CT molecular complexity index is 798. The first-order valence-corrected chi connectivity index (χ1v) is 9.09. The van der Waals surface area contributed by atoms with Crippen LogP contribution in [0, 0.1) is 12.8 Å². The molecular formula is C21H24N2O2. The van der Waals surface area contributed by atoms with Crippen molar-refractivity contribution in [2.45, 2.75) is 38.6 Å². The second-order valence-corrected chi connectivity index (χ2v) is 7.12. The van der Waals surface area contributed by atoms with Crippen LogP contribution in [0.15, 0.2) is 36.4 Å². The summed E-state index contributed by atoms with van der Waals surface area (Å²) in [4.78, 5) is 19.4. The number of likely N-dealkylation sites (tertiary alicyclic amines) is 1. The number of methoxy groups -OCH3 is 1. The molecule has 2 aromatic rings. The molecule has 4 rings (SSSR count). The summed E-state index contributed by atoms with van der Waals surface area (Å²) in [7, 11) is 1.68. The van der Waals surface area contributed by atoms with Gasteiger partial charge in [-0.2, -0.15) is 0 Å². The van der Waals surface area contributed by atoms with E-state index in [9.17, 15) is 4.79 Å². The summed E-state index contributed by atoms with van der Waals surface area (Å²) in [6.07, 6.45) is 4.18. The van der Waals surface area contributed by atoms with Crippen molar-refractivity contribution in [2.75, 3.05) is 13.7 Å². The van der Waals surface area contributed by atoms with Crippen LogP contribution in [0.3, 0.4) is 0 Å². The van der Waals surface area contributed by atoms with Gasteiger partial charge in [-0.3, -0.25) is 9.78 Å². The molecule has 4 nitrogen and oxygen atoms in total. The van der Waals surface area contributed by atoms with Gasteiger partial charge in [0.15, 0.2) is 0 Å². The van der Waals surface area contributed by atoms with E-state index < -0.39 is 0 Å². The van der Waals surface area contributed by atoms with E-state index in [0.29, 0.717) is 5.91 Å². The van der Waals surface area contributed by atoms with E-state index in [2.05, 4.69) is 23.1 Å². The van der Waals surface area contributed by atoms with Crippen molar-refractivity contribution in [3.63, 3.8) is 0 Å². The van der Waals surface area contributed by atoms with Gasteiger partial charge in [0.25, 0.3) is 0 Å². The maximum absolute atomic E-state index is 12.6. The Morgan fingerprint density at radius 3 is 2.76 bits per heavy atom. The average Bonchev–Trinajstić information content (AvgIpc) is 3.37. The lowest BCUT2D eigenvalue weighted by Crippen LogP contribution is -2.32. The third kappa shape index (κ3) is 3.26. The Kier molecular flexibility index (Phi) is 4.20. The first-order chi connectivity index (χ1) is 12.2. The molecule has 130 valence electrons. The topological polar surface area (TPSA) is 42.4 Å². The number of carbonyl (C=O) groups is 1. The zero-order valence-corrected chi connectivity index (χ0v) is 14.9. The second-order valence-electron chi connectivity index (χ2n) is 7.12. The number of aryl methyl sites for hydroxylation is 1. The number of aromatic nitrogens is 1. The number of hydrogen-bond acceptors (Lipinski definition) is 3. The smallest absolute Gasteiger partial charge is 0.226 e. The van der Waals surface area contributed by atoms with Crippen molar-refractivity contribution in [1.82, 2.24) is 9.88 Å². The van der Waals surface area contributed by atoms with Crippen molar-refractivity contribution in [2.24, 2.45) is 5.92 Å². The highest BCUT2D eigenvalue weighted by Gasteiger charge is 2.39. The minimum absolute atomic E-state index is 0.123. The molecule has 0 spiro atoms. The van der Waals surface area contributed by atoms with E-state index in [1.54, 1.807) is 7.11 Å². The number of pyridine rings is 1. The summed E-state index contributed by atoms with van der Waals surface area (Å²) in [5.74, 6) is 1.44. The van der Waals surface area contributed by atoms with E-state index in [-0.39, 0.29) is 12.0 Å². The summed E-state index contributed by atoms with van der Waals surface area (Å²) in [6, 6.07) is 12.4. The Hall–Kier alpha value is -2.36. The van der Waals surface area contributed by atoms with Crippen LogP contribution < -0.4 is 4.74 Å². The molecule has 4 heteroatoms. The van der Waals surface area contributed by atoms with Crippen LogP contribution in [0.5, 0.6) is 5.75 Å². The van der Waals surface area contributed by atoms with Gasteiger partial charge in [-0.25, -0.2) is 0 Å². The molecule has 1 atom stereocenters. The minimum Gasteiger partial charge on any atom is -0.497 e. The SMILES string of the molecule is COc1cccc(-c2cc(C)nc([C@H]3CCCN3C(=O)C3CC3)c2)c1. The van der Waals surface area contributed by atoms with Gasteiger partial charge < -0.3 is 9.64 Å². The largest absolute Gasteiger partial charge is 0.497 e. The van der Waals surface area contributed by atoms with Gasteiger partial charge in [0.05, 0.1) is 18.8 Å². The van der Waals surface area contributed by atoms with Gasteiger partial charge in [0, 0.05) is 18.2 Å². The molecule has 1 amide bonds. The summed E-state index contributed by atoms with van der Waals surface area (Å²) >= 11 is 0. The Morgan fingerprint density at radius 1 is 1.16 bits per heavy atom. The third-order valence-electron chi connectivity index (χ3n) is 5.18. The molecule has 1 aromatic carbocycles. The molecule has 0 N–H and O–H groups in total. The molecule has 0 radical (unpaired) electrons.